The summed E-state index contributed by atoms with van der Waals surface area (Å²) in [6, 6.07) is 6.24. The molecule has 3 nitrogen and oxygen atoms in total. The maximum atomic E-state index is 12.4. The normalized spacial score (nSPS) is 15.3. The fourth-order valence-electron chi connectivity index (χ4n) is 3.48. The molecule has 0 atom stereocenters. The molecule has 1 aliphatic heterocycles. The van der Waals surface area contributed by atoms with E-state index in [0.29, 0.717) is 5.92 Å². The Morgan fingerprint density at radius 1 is 1.36 bits per heavy atom. The molecule has 0 unspecified atom stereocenters. The minimum absolute atomic E-state index is 0.155. The molecule has 2 aromatic rings. The van der Waals surface area contributed by atoms with Crippen LogP contribution in [-0.2, 0) is 13.0 Å². The molecule has 0 fully saturated rings. The van der Waals surface area contributed by atoms with Gasteiger partial charge in [-0.3, -0.25) is 14.7 Å². The van der Waals surface area contributed by atoms with Crippen LogP contribution in [-0.4, -0.2) is 28.8 Å². The van der Waals surface area contributed by atoms with Crippen LogP contribution in [0, 0.1) is 0 Å². The number of rotatable bonds is 3. The molecule has 0 amide bonds. The Labute approximate surface area is 132 Å². The van der Waals surface area contributed by atoms with Gasteiger partial charge in [0.25, 0.3) is 0 Å². The number of nitrogens with zero attached hydrogens (tertiary/aromatic N) is 2. The summed E-state index contributed by atoms with van der Waals surface area (Å²) in [6.07, 6.45) is 0.936. The minimum atomic E-state index is 0.155. The van der Waals surface area contributed by atoms with Crippen molar-refractivity contribution < 1.29 is 4.79 Å². The predicted octanol–water partition coefficient (Wildman–Crippen LogP) is 3.94. The SMILES string of the molecule is CCN1CCc2nc3c(C(C)C)cccc3c(C(C)=O)c2C1. The van der Waals surface area contributed by atoms with Crippen molar-refractivity contribution in [1.82, 2.24) is 9.88 Å². The molecule has 0 radical (unpaired) electrons. The van der Waals surface area contributed by atoms with Crippen LogP contribution in [0.3, 0.4) is 0 Å². The third kappa shape index (κ3) is 2.44. The van der Waals surface area contributed by atoms with Crippen LogP contribution in [0.5, 0.6) is 0 Å². The second kappa shape index (κ2) is 5.81. The Bertz CT molecular complexity index is 734. The highest BCUT2D eigenvalue weighted by molar-refractivity contribution is 6.08. The summed E-state index contributed by atoms with van der Waals surface area (Å²) in [5.74, 6) is 0.562. The first-order chi connectivity index (χ1) is 10.5. The van der Waals surface area contributed by atoms with Crippen molar-refractivity contribution in [2.75, 3.05) is 13.1 Å². The largest absolute Gasteiger partial charge is 0.299 e. The Hall–Kier alpha value is -1.74. The van der Waals surface area contributed by atoms with Gasteiger partial charge in [0, 0.05) is 36.2 Å². The molecule has 1 aromatic heterocycles. The molecular formula is C19H24N2O. The van der Waals surface area contributed by atoms with Crippen LogP contribution in [0.25, 0.3) is 10.9 Å². The molecule has 22 heavy (non-hydrogen) atoms. The van der Waals surface area contributed by atoms with Crippen molar-refractivity contribution >= 4 is 16.7 Å². The smallest absolute Gasteiger partial charge is 0.160 e. The Balaban J connectivity index is 2.32. The topological polar surface area (TPSA) is 33.2 Å². The van der Waals surface area contributed by atoms with Crippen LogP contribution in [0.2, 0.25) is 0 Å². The van der Waals surface area contributed by atoms with E-state index in [1.165, 1.54) is 5.56 Å². The van der Waals surface area contributed by atoms with Crippen molar-refractivity contribution in [3.8, 4) is 0 Å². The lowest BCUT2D eigenvalue weighted by Crippen LogP contribution is -2.32. The van der Waals surface area contributed by atoms with E-state index in [0.717, 1.165) is 53.8 Å². The molecule has 0 saturated heterocycles. The van der Waals surface area contributed by atoms with Crippen molar-refractivity contribution in [3.05, 3.63) is 40.6 Å². The highest BCUT2D eigenvalue weighted by Crippen LogP contribution is 2.32. The maximum Gasteiger partial charge on any atom is 0.160 e. The van der Waals surface area contributed by atoms with Crippen molar-refractivity contribution in [2.24, 2.45) is 0 Å². The zero-order chi connectivity index (χ0) is 15.9. The molecule has 0 spiro atoms. The average Bonchev–Trinajstić information content (AvgIpc) is 2.50. The number of hydrogen-bond acceptors (Lipinski definition) is 3. The van der Waals surface area contributed by atoms with E-state index >= 15 is 0 Å². The first-order valence-corrected chi connectivity index (χ1v) is 8.20. The number of para-hydroxylation sites is 1. The quantitative estimate of drug-likeness (QED) is 0.804. The first kappa shape index (κ1) is 15.2. The molecule has 0 bridgehead atoms. The lowest BCUT2D eigenvalue weighted by atomic mass is 9.90. The van der Waals surface area contributed by atoms with E-state index in [9.17, 15) is 4.79 Å². The molecule has 2 heterocycles. The third-order valence-electron chi connectivity index (χ3n) is 4.70. The molecule has 1 aliphatic rings. The van der Waals surface area contributed by atoms with E-state index in [4.69, 9.17) is 4.98 Å². The second-order valence-electron chi connectivity index (χ2n) is 6.49. The standard InChI is InChI=1S/C19H24N2O/c1-5-21-10-9-17-16(11-21)18(13(4)22)15-8-6-7-14(12(2)3)19(15)20-17/h6-8,12H,5,9-11H2,1-4H3. The van der Waals surface area contributed by atoms with E-state index in [-0.39, 0.29) is 5.78 Å². The lowest BCUT2D eigenvalue weighted by Gasteiger charge is -2.29. The summed E-state index contributed by atoms with van der Waals surface area (Å²) in [7, 11) is 0. The number of fused-ring (bicyclic) bond motifs is 2. The van der Waals surface area contributed by atoms with Gasteiger partial charge in [0.2, 0.25) is 0 Å². The molecule has 0 aliphatic carbocycles. The van der Waals surface area contributed by atoms with E-state index < -0.39 is 0 Å². The van der Waals surface area contributed by atoms with Gasteiger partial charge in [-0.2, -0.15) is 0 Å². The number of Topliss-reactive ketones (excluding diaryl/α,β-unsaturated/α-hetero) is 1. The van der Waals surface area contributed by atoms with Gasteiger partial charge in [-0.05, 0) is 30.5 Å². The summed E-state index contributed by atoms with van der Waals surface area (Å²) in [5, 5.41) is 1.02. The first-order valence-electron chi connectivity index (χ1n) is 8.20. The average molecular weight is 296 g/mol. The van der Waals surface area contributed by atoms with Crippen LogP contribution in [0.15, 0.2) is 18.2 Å². The van der Waals surface area contributed by atoms with Gasteiger partial charge in [-0.1, -0.05) is 39.0 Å². The van der Waals surface area contributed by atoms with E-state index in [1.807, 2.05) is 0 Å². The van der Waals surface area contributed by atoms with Crippen LogP contribution in [0.1, 0.15) is 60.8 Å². The van der Waals surface area contributed by atoms with Gasteiger partial charge in [-0.15, -0.1) is 0 Å². The van der Waals surface area contributed by atoms with Gasteiger partial charge in [0.1, 0.15) is 0 Å². The van der Waals surface area contributed by atoms with Crippen molar-refractivity contribution in [3.63, 3.8) is 0 Å². The summed E-state index contributed by atoms with van der Waals surface area (Å²) in [5.41, 5.74) is 5.41. The summed E-state index contributed by atoms with van der Waals surface area (Å²) >= 11 is 0. The lowest BCUT2D eigenvalue weighted by molar-refractivity contribution is 0.101. The number of carbonyl (C=O) groups excluding carboxylic acids is 1. The van der Waals surface area contributed by atoms with E-state index in [2.05, 4.69) is 43.9 Å². The molecule has 3 rings (SSSR count). The third-order valence-corrected chi connectivity index (χ3v) is 4.70. The molecule has 0 saturated carbocycles. The maximum absolute atomic E-state index is 12.4. The van der Waals surface area contributed by atoms with Crippen LogP contribution >= 0.6 is 0 Å². The van der Waals surface area contributed by atoms with Gasteiger partial charge in [-0.25, -0.2) is 0 Å². The number of likely N-dealkylation sites (N-methyl/N-ethyl adjacent to an activating group) is 1. The highest BCUT2D eigenvalue weighted by Gasteiger charge is 2.24. The monoisotopic (exact) mass is 296 g/mol. The summed E-state index contributed by atoms with van der Waals surface area (Å²) < 4.78 is 0. The fraction of sp³-hybridized carbons (Fsp3) is 0.474. The Morgan fingerprint density at radius 3 is 2.77 bits per heavy atom. The minimum Gasteiger partial charge on any atom is -0.299 e. The van der Waals surface area contributed by atoms with Crippen LogP contribution < -0.4 is 0 Å². The number of benzene rings is 1. The molecular weight excluding hydrogens is 272 g/mol. The molecule has 0 N–H and O–H groups in total. The molecule has 1 aromatic carbocycles. The number of pyridine rings is 1. The predicted molar refractivity (Wildman–Crippen MR) is 90.5 cm³/mol. The zero-order valence-electron chi connectivity index (χ0n) is 13.9. The molecule has 3 heteroatoms. The number of carbonyl (C=O) groups is 1. The van der Waals surface area contributed by atoms with Crippen molar-refractivity contribution in [1.29, 1.82) is 0 Å². The van der Waals surface area contributed by atoms with Gasteiger partial charge in [0.15, 0.2) is 5.78 Å². The summed E-state index contributed by atoms with van der Waals surface area (Å²) in [6.45, 7) is 11.1. The van der Waals surface area contributed by atoms with E-state index in [1.54, 1.807) is 6.92 Å². The Morgan fingerprint density at radius 2 is 2.14 bits per heavy atom. The van der Waals surface area contributed by atoms with Gasteiger partial charge in [0.05, 0.1) is 5.52 Å². The van der Waals surface area contributed by atoms with Gasteiger partial charge >= 0.3 is 0 Å². The summed E-state index contributed by atoms with van der Waals surface area (Å²) in [4.78, 5) is 19.7. The fourth-order valence-corrected chi connectivity index (χ4v) is 3.48. The van der Waals surface area contributed by atoms with Crippen molar-refractivity contribution in [2.45, 2.75) is 46.6 Å². The zero-order valence-corrected chi connectivity index (χ0v) is 13.9. The number of hydrogen-bond donors (Lipinski definition) is 0. The number of aromatic nitrogens is 1. The van der Waals surface area contributed by atoms with Gasteiger partial charge < -0.3 is 0 Å². The second-order valence-corrected chi connectivity index (χ2v) is 6.49. The molecule has 116 valence electrons. The highest BCUT2D eigenvalue weighted by atomic mass is 16.1. The Kier molecular flexibility index (Phi) is 4.00. The van der Waals surface area contributed by atoms with Crippen LogP contribution in [0.4, 0.5) is 0 Å². The number of ketones is 1.